The number of methoxy groups -OCH3 is 1. The van der Waals surface area contributed by atoms with Crippen molar-refractivity contribution in [2.45, 2.75) is 17.7 Å². The molecule has 0 bridgehead atoms. The van der Waals surface area contributed by atoms with Gasteiger partial charge in [-0.25, -0.2) is 23.5 Å². The quantitative estimate of drug-likeness (QED) is 0.501. The van der Waals surface area contributed by atoms with E-state index in [0.717, 1.165) is 12.0 Å². The molecule has 10 heteroatoms. The lowest BCUT2D eigenvalue weighted by Crippen LogP contribution is -2.26. The number of sulfonamides is 1. The first-order valence-corrected chi connectivity index (χ1v) is 9.89. The largest absolute Gasteiger partial charge is 0.385 e. The third-order valence-corrected chi connectivity index (χ3v) is 4.60. The number of benzene rings is 1. The van der Waals surface area contributed by atoms with Crippen molar-refractivity contribution in [2.75, 3.05) is 32.1 Å². The minimum atomic E-state index is -3.68. The number of ether oxygens (including phenoxy) is 1. The van der Waals surface area contributed by atoms with Gasteiger partial charge in [-0.2, -0.15) is 0 Å². The minimum Gasteiger partial charge on any atom is -0.385 e. The highest BCUT2D eigenvalue weighted by atomic mass is 32.2. The maximum absolute atomic E-state index is 11.9. The predicted molar refractivity (Wildman–Crippen MR) is 101 cm³/mol. The number of nitrogens with zero attached hydrogens (tertiary/aromatic N) is 2. The van der Waals surface area contributed by atoms with Gasteiger partial charge in [-0.1, -0.05) is 12.1 Å². The van der Waals surface area contributed by atoms with Crippen molar-refractivity contribution in [3.63, 3.8) is 0 Å². The maximum Gasteiger partial charge on any atom is 0.271 e. The summed E-state index contributed by atoms with van der Waals surface area (Å²) < 4.78 is 27.4. The van der Waals surface area contributed by atoms with Crippen LogP contribution < -0.4 is 15.8 Å². The number of primary sulfonamides is 1. The van der Waals surface area contributed by atoms with Crippen LogP contribution in [0, 0.1) is 0 Å². The Labute approximate surface area is 158 Å². The van der Waals surface area contributed by atoms with E-state index in [4.69, 9.17) is 9.88 Å². The number of hydrogen-bond acceptors (Lipinski definition) is 7. The fourth-order valence-electron chi connectivity index (χ4n) is 2.23. The van der Waals surface area contributed by atoms with E-state index in [0.29, 0.717) is 31.9 Å². The van der Waals surface area contributed by atoms with Gasteiger partial charge in [0.15, 0.2) is 0 Å². The van der Waals surface area contributed by atoms with E-state index >= 15 is 0 Å². The van der Waals surface area contributed by atoms with Gasteiger partial charge in [-0.15, -0.1) is 0 Å². The Morgan fingerprint density at radius 3 is 2.48 bits per heavy atom. The highest BCUT2D eigenvalue weighted by Crippen LogP contribution is 2.09. The van der Waals surface area contributed by atoms with Crippen molar-refractivity contribution in [1.29, 1.82) is 0 Å². The van der Waals surface area contributed by atoms with Crippen LogP contribution in [0.15, 0.2) is 41.6 Å². The fourth-order valence-corrected chi connectivity index (χ4v) is 2.74. The molecule has 1 aromatic carbocycles. The van der Waals surface area contributed by atoms with E-state index in [1.165, 1.54) is 24.5 Å². The summed E-state index contributed by atoms with van der Waals surface area (Å²) in [5, 5.41) is 10.9. The second kappa shape index (κ2) is 9.95. The Morgan fingerprint density at radius 1 is 1.15 bits per heavy atom. The molecule has 0 saturated carbocycles. The molecule has 1 aromatic heterocycles. The Kier molecular flexibility index (Phi) is 7.65. The Hall–Kier alpha value is -2.56. The molecule has 0 radical (unpaired) electrons. The first-order chi connectivity index (χ1) is 12.9. The SMILES string of the molecule is COCCCNC(=O)c1cnc(NCCc2ccc(S(N)(=O)=O)cc2)cn1. The molecule has 0 atom stereocenters. The summed E-state index contributed by atoms with van der Waals surface area (Å²) in [4.78, 5) is 20.2. The van der Waals surface area contributed by atoms with Crippen LogP contribution in [0.3, 0.4) is 0 Å². The summed E-state index contributed by atoms with van der Waals surface area (Å²) >= 11 is 0. The predicted octanol–water partition coefficient (Wildman–Crippen LogP) is 0.545. The van der Waals surface area contributed by atoms with Crippen molar-refractivity contribution in [2.24, 2.45) is 5.14 Å². The van der Waals surface area contributed by atoms with Crippen LogP contribution in [0.1, 0.15) is 22.5 Å². The van der Waals surface area contributed by atoms with Gasteiger partial charge in [0.25, 0.3) is 5.91 Å². The first kappa shape index (κ1) is 20.7. The van der Waals surface area contributed by atoms with Crippen LogP contribution in [-0.4, -0.2) is 51.1 Å². The summed E-state index contributed by atoms with van der Waals surface area (Å²) in [6, 6.07) is 6.38. The van der Waals surface area contributed by atoms with Crippen LogP contribution in [0.5, 0.6) is 0 Å². The molecule has 0 fully saturated rings. The Morgan fingerprint density at radius 2 is 1.89 bits per heavy atom. The normalized spacial score (nSPS) is 11.2. The summed E-state index contributed by atoms with van der Waals surface area (Å²) in [7, 11) is -2.07. The Balaban J connectivity index is 1.79. The number of carbonyl (C=O) groups excluding carboxylic acids is 1. The fraction of sp³-hybridized carbons (Fsp3) is 0.353. The van der Waals surface area contributed by atoms with Crippen molar-refractivity contribution in [3.05, 3.63) is 47.9 Å². The number of nitrogens with two attached hydrogens (primary N) is 1. The van der Waals surface area contributed by atoms with Gasteiger partial charge < -0.3 is 15.4 Å². The van der Waals surface area contributed by atoms with E-state index < -0.39 is 10.0 Å². The highest BCUT2D eigenvalue weighted by molar-refractivity contribution is 7.89. The summed E-state index contributed by atoms with van der Waals surface area (Å²) in [5.41, 5.74) is 1.20. The van der Waals surface area contributed by atoms with Crippen LogP contribution in [0.4, 0.5) is 5.82 Å². The molecule has 9 nitrogen and oxygen atoms in total. The molecule has 0 spiro atoms. The van der Waals surface area contributed by atoms with Gasteiger partial charge in [-0.05, 0) is 30.5 Å². The third-order valence-electron chi connectivity index (χ3n) is 3.67. The number of nitrogens with one attached hydrogen (secondary N) is 2. The number of carbonyl (C=O) groups is 1. The van der Waals surface area contributed by atoms with Crippen LogP contribution in [0.25, 0.3) is 0 Å². The summed E-state index contributed by atoms with van der Waals surface area (Å²) in [6.45, 7) is 1.67. The molecule has 0 saturated heterocycles. The molecular formula is C17H23N5O4S. The zero-order valence-corrected chi connectivity index (χ0v) is 15.8. The molecule has 4 N–H and O–H groups in total. The number of hydrogen-bond donors (Lipinski definition) is 3. The van der Waals surface area contributed by atoms with E-state index in [2.05, 4.69) is 20.6 Å². The molecule has 0 aliphatic rings. The maximum atomic E-state index is 11.9. The van der Waals surface area contributed by atoms with Crippen LogP contribution in [-0.2, 0) is 21.2 Å². The number of aromatic nitrogens is 2. The van der Waals surface area contributed by atoms with Gasteiger partial charge in [0.1, 0.15) is 11.5 Å². The monoisotopic (exact) mass is 393 g/mol. The molecule has 146 valence electrons. The van der Waals surface area contributed by atoms with E-state index in [-0.39, 0.29) is 16.5 Å². The molecule has 27 heavy (non-hydrogen) atoms. The topological polar surface area (TPSA) is 136 Å². The second-order valence-corrected chi connectivity index (χ2v) is 7.32. The van der Waals surface area contributed by atoms with Gasteiger partial charge in [0.05, 0.1) is 17.3 Å². The molecule has 0 unspecified atom stereocenters. The lowest BCUT2D eigenvalue weighted by Gasteiger charge is -2.07. The highest BCUT2D eigenvalue weighted by Gasteiger charge is 2.08. The van der Waals surface area contributed by atoms with Gasteiger partial charge in [-0.3, -0.25) is 4.79 Å². The molecular weight excluding hydrogens is 370 g/mol. The lowest BCUT2D eigenvalue weighted by atomic mass is 10.1. The number of rotatable bonds is 10. The van der Waals surface area contributed by atoms with Gasteiger partial charge >= 0.3 is 0 Å². The molecule has 1 heterocycles. The van der Waals surface area contributed by atoms with Crippen LogP contribution >= 0.6 is 0 Å². The molecule has 2 aromatic rings. The van der Waals surface area contributed by atoms with E-state index in [9.17, 15) is 13.2 Å². The zero-order valence-electron chi connectivity index (χ0n) is 15.0. The molecule has 2 rings (SSSR count). The molecule has 0 aliphatic carbocycles. The number of anilines is 1. The van der Waals surface area contributed by atoms with Crippen molar-refractivity contribution in [1.82, 2.24) is 15.3 Å². The van der Waals surface area contributed by atoms with Crippen molar-refractivity contribution < 1.29 is 17.9 Å². The third kappa shape index (κ3) is 6.93. The second-order valence-electron chi connectivity index (χ2n) is 5.75. The Bertz CT molecular complexity index is 839. The van der Waals surface area contributed by atoms with Crippen molar-refractivity contribution >= 4 is 21.7 Å². The van der Waals surface area contributed by atoms with Gasteiger partial charge in [0, 0.05) is 26.8 Å². The minimum absolute atomic E-state index is 0.0844. The smallest absolute Gasteiger partial charge is 0.271 e. The standard InChI is InChI=1S/C17H23N5O4S/c1-26-10-2-8-20-17(23)15-11-22-16(12-21-15)19-9-7-13-3-5-14(6-4-13)27(18,24)25/h3-6,11-12H,2,7-10H2,1H3,(H,19,22)(H,20,23)(H2,18,24,25). The molecule has 1 amide bonds. The van der Waals surface area contributed by atoms with Crippen molar-refractivity contribution in [3.8, 4) is 0 Å². The van der Waals surface area contributed by atoms with Crippen LogP contribution in [0.2, 0.25) is 0 Å². The van der Waals surface area contributed by atoms with Gasteiger partial charge in [0.2, 0.25) is 10.0 Å². The number of amides is 1. The zero-order chi connectivity index (χ0) is 19.7. The molecule has 0 aliphatic heterocycles. The first-order valence-electron chi connectivity index (χ1n) is 8.35. The summed E-state index contributed by atoms with van der Waals surface area (Å²) in [5.74, 6) is 0.271. The summed E-state index contributed by atoms with van der Waals surface area (Å²) in [6.07, 6.45) is 4.30. The van der Waals surface area contributed by atoms with E-state index in [1.54, 1.807) is 19.2 Å². The van der Waals surface area contributed by atoms with E-state index in [1.807, 2.05) is 0 Å². The average Bonchev–Trinajstić information content (AvgIpc) is 2.65. The lowest BCUT2D eigenvalue weighted by molar-refractivity contribution is 0.0943. The average molecular weight is 393 g/mol.